The Hall–Kier alpha value is -3.81. The Kier molecular flexibility index (Phi) is 7.38. The quantitative estimate of drug-likeness (QED) is 0.261. The molecule has 1 unspecified atom stereocenters. The summed E-state index contributed by atoms with van der Waals surface area (Å²) in [6.45, 7) is 1.22. The SMILES string of the molecule is Nc1c(C(=O)O)sc2nc(N3CCC(NCC(O)c4ccc(-c5cnccn5)cc4)CC3)cc(C(F)(F)F)c12. The number of aromatic nitrogens is 3. The van der Waals surface area contributed by atoms with Crippen LogP contribution in [0.1, 0.15) is 39.7 Å². The number of benzene rings is 1. The lowest BCUT2D eigenvalue weighted by Gasteiger charge is -2.34. The fourth-order valence-electron chi connectivity index (χ4n) is 4.69. The average molecular weight is 559 g/mol. The maximum Gasteiger partial charge on any atom is 0.417 e. The van der Waals surface area contributed by atoms with Crippen molar-refractivity contribution in [3.8, 4) is 11.3 Å². The summed E-state index contributed by atoms with van der Waals surface area (Å²) in [5, 5.41) is 22.9. The lowest BCUT2D eigenvalue weighted by Crippen LogP contribution is -2.44. The number of carboxylic acid groups (broad SMARTS) is 1. The Labute approximate surface area is 225 Å². The van der Waals surface area contributed by atoms with Gasteiger partial charge in [0.1, 0.15) is 15.5 Å². The van der Waals surface area contributed by atoms with Crippen LogP contribution >= 0.6 is 11.3 Å². The van der Waals surface area contributed by atoms with Gasteiger partial charge in [-0.15, -0.1) is 11.3 Å². The van der Waals surface area contributed by atoms with Crippen molar-refractivity contribution in [2.75, 3.05) is 30.3 Å². The topological polar surface area (TPSA) is 137 Å². The van der Waals surface area contributed by atoms with Gasteiger partial charge in [-0.3, -0.25) is 9.97 Å². The molecule has 3 aromatic heterocycles. The summed E-state index contributed by atoms with van der Waals surface area (Å²) in [6.07, 6.45) is 0.695. The van der Waals surface area contributed by atoms with Crippen molar-refractivity contribution >= 4 is 39.0 Å². The number of halogens is 3. The fourth-order valence-corrected chi connectivity index (χ4v) is 5.64. The summed E-state index contributed by atoms with van der Waals surface area (Å²) in [4.78, 5) is 25.4. The van der Waals surface area contributed by atoms with Crippen molar-refractivity contribution in [2.24, 2.45) is 0 Å². The average Bonchev–Trinajstić information content (AvgIpc) is 3.28. The Morgan fingerprint density at radius 2 is 1.92 bits per heavy atom. The van der Waals surface area contributed by atoms with E-state index in [1.807, 2.05) is 24.3 Å². The molecule has 9 nitrogen and oxygen atoms in total. The molecule has 1 aliphatic rings. The highest BCUT2D eigenvalue weighted by Crippen LogP contribution is 2.43. The van der Waals surface area contributed by atoms with E-state index < -0.39 is 29.5 Å². The third-order valence-electron chi connectivity index (χ3n) is 6.76. The van der Waals surface area contributed by atoms with Gasteiger partial charge in [0, 0.05) is 49.0 Å². The third-order valence-corrected chi connectivity index (χ3v) is 7.85. The zero-order chi connectivity index (χ0) is 27.7. The highest BCUT2D eigenvalue weighted by Gasteiger charge is 2.37. The largest absolute Gasteiger partial charge is 0.477 e. The van der Waals surface area contributed by atoms with Gasteiger partial charge in [0.25, 0.3) is 0 Å². The van der Waals surface area contributed by atoms with Crippen molar-refractivity contribution in [3.63, 3.8) is 0 Å². The predicted octanol–water partition coefficient (Wildman–Crippen LogP) is 4.34. The summed E-state index contributed by atoms with van der Waals surface area (Å²) in [7, 11) is 0. The number of aliphatic hydroxyl groups excluding tert-OH is 1. The lowest BCUT2D eigenvalue weighted by molar-refractivity contribution is -0.136. The number of alkyl halides is 3. The molecule has 0 aliphatic carbocycles. The first-order valence-electron chi connectivity index (χ1n) is 12.2. The lowest BCUT2D eigenvalue weighted by atomic mass is 10.0. The van der Waals surface area contributed by atoms with Crippen LogP contribution in [0.2, 0.25) is 0 Å². The molecule has 204 valence electrons. The first kappa shape index (κ1) is 26.8. The number of nitrogen functional groups attached to an aromatic ring is 1. The number of piperidine rings is 1. The molecule has 0 spiro atoms. The molecule has 39 heavy (non-hydrogen) atoms. The summed E-state index contributed by atoms with van der Waals surface area (Å²) in [5.74, 6) is -1.25. The molecule has 0 radical (unpaired) electrons. The number of thiophene rings is 1. The smallest absolute Gasteiger partial charge is 0.417 e. The second-order valence-corrected chi connectivity index (χ2v) is 10.3. The van der Waals surface area contributed by atoms with Crippen molar-refractivity contribution in [1.82, 2.24) is 20.3 Å². The number of aliphatic hydroxyl groups is 1. The van der Waals surface area contributed by atoms with Crippen LogP contribution in [0, 0.1) is 0 Å². The van der Waals surface area contributed by atoms with Gasteiger partial charge in [-0.1, -0.05) is 24.3 Å². The van der Waals surface area contributed by atoms with Crippen LogP contribution in [0.5, 0.6) is 0 Å². The van der Waals surface area contributed by atoms with E-state index in [0.29, 0.717) is 43.8 Å². The van der Waals surface area contributed by atoms with Crippen molar-refractivity contribution < 1.29 is 28.2 Å². The van der Waals surface area contributed by atoms with E-state index in [9.17, 15) is 28.2 Å². The number of nitrogens with one attached hydrogen (secondary N) is 1. The Morgan fingerprint density at radius 3 is 2.54 bits per heavy atom. The summed E-state index contributed by atoms with van der Waals surface area (Å²) in [5.41, 5.74) is 6.74. The second kappa shape index (κ2) is 10.8. The molecule has 1 fully saturated rings. The molecule has 4 heterocycles. The number of carbonyl (C=O) groups is 1. The predicted molar refractivity (Wildman–Crippen MR) is 142 cm³/mol. The molecule has 0 saturated carbocycles. The van der Waals surface area contributed by atoms with Gasteiger partial charge in [-0.05, 0) is 24.5 Å². The highest BCUT2D eigenvalue weighted by atomic mass is 32.1. The molecular formula is C26H25F3N6O3S. The molecule has 4 aromatic rings. The zero-order valence-corrected chi connectivity index (χ0v) is 21.3. The van der Waals surface area contributed by atoms with Crippen molar-refractivity contribution in [3.05, 3.63) is 64.9 Å². The van der Waals surface area contributed by atoms with Crippen LogP contribution in [0.4, 0.5) is 24.7 Å². The molecule has 0 amide bonds. The van der Waals surface area contributed by atoms with Gasteiger partial charge >= 0.3 is 12.1 Å². The van der Waals surface area contributed by atoms with Gasteiger partial charge < -0.3 is 26.2 Å². The fraction of sp³-hybridized carbons (Fsp3) is 0.308. The number of nitrogens with two attached hydrogens (primary N) is 1. The molecule has 5 rings (SSSR count). The Balaban J connectivity index is 1.22. The number of nitrogens with zero attached hydrogens (tertiary/aromatic N) is 4. The van der Waals surface area contributed by atoms with Gasteiger partial charge in [0.05, 0.1) is 29.2 Å². The molecular weight excluding hydrogens is 533 g/mol. The number of hydrogen-bond donors (Lipinski definition) is 4. The number of pyridine rings is 1. The van der Waals surface area contributed by atoms with Crippen LogP contribution in [0.25, 0.3) is 21.5 Å². The molecule has 1 saturated heterocycles. The zero-order valence-electron chi connectivity index (χ0n) is 20.5. The van der Waals surface area contributed by atoms with Crippen LogP contribution in [0.3, 0.4) is 0 Å². The Morgan fingerprint density at radius 1 is 1.21 bits per heavy atom. The number of aromatic carboxylic acids is 1. The number of carboxylic acids is 1. The van der Waals surface area contributed by atoms with Crippen LogP contribution in [-0.4, -0.2) is 56.8 Å². The van der Waals surface area contributed by atoms with Gasteiger partial charge in [-0.25, -0.2) is 9.78 Å². The van der Waals surface area contributed by atoms with E-state index in [1.54, 1.807) is 23.5 Å². The molecule has 0 bridgehead atoms. The van der Waals surface area contributed by atoms with Gasteiger partial charge in [0.2, 0.25) is 0 Å². The summed E-state index contributed by atoms with van der Waals surface area (Å²) < 4.78 is 41.6. The van der Waals surface area contributed by atoms with E-state index in [4.69, 9.17) is 5.73 Å². The minimum Gasteiger partial charge on any atom is -0.477 e. The van der Waals surface area contributed by atoms with E-state index >= 15 is 0 Å². The molecule has 1 atom stereocenters. The minimum atomic E-state index is -4.72. The summed E-state index contributed by atoms with van der Waals surface area (Å²) >= 11 is 0.641. The van der Waals surface area contributed by atoms with Crippen LogP contribution < -0.4 is 16.0 Å². The standard InChI is InChI=1S/C26H25F3N6O3S/c27-26(28,29)17-11-20(34-24-21(17)22(30)23(39-24)25(37)38)35-9-5-16(6-10-35)33-13-19(36)15-3-1-14(2-4-15)18-12-31-7-8-32-18/h1-4,7-8,11-12,16,19,33,36H,5-6,9-10,13,30H2,(H,37,38). The number of hydrogen-bond acceptors (Lipinski definition) is 9. The minimum absolute atomic E-state index is 0.0524. The second-order valence-electron chi connectivity index (χ2n) is 9.25. The number of fused-ring (bicyclic) bond motifs is 1. The monoisotopic (exact) mass is 558 g/mol. The molecule has 5 N–H and O–H groups in total. The summed E-state index contributed by atoms with van der Waals surface area (Å²) in [6, 6.07) is 8.44. The molecule has 1 aliphatic heterocycles. The highest BCUT2D eigenvalue weighted by molar-refractivity contribution is 7.21. The van der Waals surface area contributed by atoms with Crippen LogP contribution in [0.15, 0.2) is 48.9 Å². The van der Waals surface area contributed by atoms with Gasteiger partial charge in [-0.2, -0.15) is 13.2 Å². The van der Waals surface area contributed by atoms with E-state index in [2.05, 4.69) is 20.3 Å². The first-order valence-corrected chi connectivity index (χ1v) is 13.0. The van der Waals surface area contributed by atoms with Gasteiger partial charge in [0.15, 0.2) is 0 Å². The third kappa shape index (κ3) is 5.65. The maximum atomic E-state index is 13.9. The molecule has 1 aromatic carbocycles. The van der Waals surface area contributed by atoms with Crippen molar-refractivity contribution in [2.45, 2.75) is 31.2 Å². The molecule has 13 heteroatoms. The number of rotatable bonds is 7. The van der Waals surface area contributed by atoms with E-state index in [0.717, 1.165) is 22.9 Å². The van der Waals surface area contributed by atoms with E-state index in [1.165, 1.54) is 0 Å². The van der Waals surface area contributed by atoms with E-state index in [-0.39, 0.29) is 27.0 Å². The Bertz CT molecular complexity index is 1470. The number of anilines is 2. The van der Waals surface area contributed by atoms with Crippen LogP contribution in [-0.2, 0) is 6.18 Å². The first-order chi connectivity index (χ1) is 18.6. The normalized spacial score (nSPS) is 15.5. The maximum absolute atomic E-state index is 13.9. The van der Waals surface area contributed by atoms with Crippen molar-refractivity contribution in [1.29, 1.82) is 0 Å².